The van der Waals surface area contributed by atoms with Gasteiger partial charge in [-0.05, 0) is 44.0 Å². The Kier molecular flexibility index (Phi) is 4.43. The molecule has 2 atom stereocenters. The zero-order valence-corrected chi connectivity index (χ0v) is 13.9. The fourth-order valence-electron chi connectivity index (χ4n) is 3.08. The van der Waals surface area contributed by atoms with Gasteiger partial charge in [0.05, 0.1) is 18.3 Å². The summed E-state index contributed by atoms with van der Waals surface area (Å²) in [5.41, 5.74) is 3.84. The third-order valence-corrected chi connectivity index (χ3v) is 4.56. The van der Waals surface area contributed by atoms with Crippen molar-refractivity contribution >= 4 is 17.3 Å². The van der Waals surface area contributed by atoms with Crippen molar-refractivity contribution < 1.29 is 0 Å². The summed E-state index contributed by atoms with van der Waals surface area (Å²) in [7, 11) is 2.01. The Hall–Kier alpha value is -1.88. The second-order valence-corrected chi connectivity index (χ2v) is 6.27. The van der Waals surface area contributed by atoms with Gasteiger partial charge in [-0.25, -0.2) is 0 Å². The van der Waals surface area contributed by atoms with Crippen molar-refractivity contribution in [3.63, 3.8) is 0 Å². The number of nitrogens with zero attached hydrogens (tertiary/aromatic N) is 2. The van der Waals surface area contributed by atoms with E-state index in [-0.39, 0.29) is 12.1 Å². The number of nitrogens with one attached hydrogen (secondary N) is 2. The van der Waals surface area contributed by atoms with Crippen LogP contribution in [0.4, 0.5) is 0 Å². The minimum Gasteiger partial charge on any atom is -0.356 e. The first-order valence-electron chi connectivity index (χ1n) is 7.78. The summed E-state index contributed by atoms with van der Waals surface area (Å²) in [5, 5.41) is 11.9. The van der Waals surface area contributed by atoms with Crippen LogP contribution >= 0.6 is 12.2 Å². The van der Waals surface area contributed by atoms with E-state index in [1.54, 1.807) is 0 Å². The van der Waals surface area contributed by atoms with Gasteiger partial charge in [-0.2, -0.15) is 5.10 Å². The van der Waals surface area contributed by atoms with E-state index in [0.717, 1.165) is 12.8 Å². The van der Waals surface area contributed by atoms with Crippen LogP contribution in [0.25, 0.3) is 0 Å². The summed E-state index contributed by atoms with van der Waals surface area (Å²) in [6, 6.07) is 10.8. The number of hydrogen-bond acceptors (Lipinski definition) is 2. The first-order valence-corrected chi connectivity index (χ1v) is 8.18. The Morgan fingerprint density at radius 1 is 1.36 bits per heavy atom. The Morgan fingerprint density at radius 3 is 2.91 bits per heavy atom. The summed E-state index contributed by atoms with van der Waals surface area (Å²) in [6.07, 6.45) is 5.33. The Balaban J connectivity index is 1.63. The van der Waals surface area contributed by atoms with Gasteiger partial charge in [-0.1, -0.05) is 30.3 Å². The molecule has 116 valence electrons. The van der Waals surface area contributed by atoms with Gasteiger partial charge in [0.1, 0.15) is 0 Å². The molecule has 22 heavy (non-hydrogen) atoms. The molecule has 1 aliphatic carbocycles. The molecule has 3 rings (SSSR count). The molecule has 2 aromatic rings. The molecule has 1 aromatic heterocycles. The maximum absolute atomic E-state index is 5.50. The summed E-state index contributed by atoms with van der Waals surface area (Å²) in [4.78, 5) is 0. The molecule has 0 spiro atoms. The van der Waals surface area contributed by atoms with Crippen LogP contribution in [0.2, 0.25) is 0 Å². The lowest BCUT2D eigenvalue weighted by Crippen LogP contribution is -2.39. The minimum atomic E-state index is 0.193. The van der Waals surface area contributed by atoms with Crippen LogP contribution in [0.5, 0.6) is 0 Å². The van der Waals surface area contributed by atoms with Crippen molar-refractivity contribution in [2.45, 2.75) is 38.3 Å². The van der Waals surface area contributed by atoms with Gasteiger partial charge in [0, 0.05) is 18.3 Å². The minimum absolute atomic E-state index is 0.193. The smallest absolute Gasteiger partial charge is 0.167 e. The molecule has 0 aliphatic heterocycles. The molecule has 1 aromatic carbocycles. The van der Waals surface area contributed by atoms with Gasteiger partial charge in [0.15, 0.2) is 5.11 Å². The normalized spacial score (nSPS) is 18.4. The van der Waals surface area contributed by atoms with Crippen molar-refractivity contribution in [3.8, 4) is 0 Å². The molecule has 1 heterocycles. The van der Waals surface area contributed by atoms with Crippen LogP contribution in [0.1, 0.15) is 48.7 Å². The van der Waals surface area contributed by atoms with E-state index in [1.165, 1.54) is 23.2 Å². The lowest BCUT2D eigenvalue weighted by molar-refractivity contribution is 0.506. The molecule has 4 nitrogen and oxygen atoms in total. The van der Waals surface area contributed by atoms with Crippen LogP contribution in [0, 0.1) is 0 Å². The number of thiocarbonyl (C=S) groups is 1. The van der Waals surface area contributed by atoms with E-state index >= 15 is 0 Å². The number of benzene rings is 1. The van der Waals surface area contributed by atoms with E-state index < -0.39 is 0 Å². The topological polar surface area (TPSA) is 41.9 Å². The quantitative estimate of drug-likeness (QED) is 0.855. The number of aromatic nitrogens is 2. The molecular formula is C17H22N4S. The summed E-state index contributed by atoms with van der Waals surface area (Å²) >= 11 is 5.50. The fourth-order valence-corrected chi connectivity index (χ4v) is 3.40. The Labute approximate surface area is 136 Å². The first kappa shape index (κ1) is 15.0. The Morgan fingerprint density at radius 2 is 2.14 bits per heavy atom. The fraction of sp³-hybridized carbons (Fsp3) is 0.412. The molecule has 0 radical (unpaired) electrons. The maximum atomic E-state index is 5.50. The average molecular weight is 314 g/mol. The average Bonchev–Trinajstić information content (AvgIpc) is 2.91. The molecule has 0 bridgehead atoms. The van der Waals surface area contributed by atoms with Gasteiger partial charge >= 0.3 is 0 Å². The van der Waals surface area contributed by atoms with Crippen LogP contribution in [-0.4, -0.2) is 14.9 Å². The van der Waals surface area contributed by atoms with E-state index in [4.69, 9.17) is 12.2 Å². The predicted molar refractivity (Wildman–Crippen MR) is 92.6 cm³/mol. The van der Waals surface area contributed by atoms with Gasteiger partial charge in [-0.3, -0.25) is 4.68 Å². The van der Waals surface area contributed by atoms with Crippen molar-refractivity contribution in [1.82, 2.24) is 20.4 Å². The van der Waals surface area contributed by atoms with Crippen molar-refractivity contribution in [1.29, 1.82) is 0 Å². The lowest BCUT2D eigenvalue weighted by atomic mass is 9.93. The second kappa shape index (κ2) is 6.48. The highest BCUT2D eigenvalue weighted by atomic mass is 32.1. The molecular weight excluding hydrogens is 292 g/mol. The van der Waals surface area contributed by atoms with Gasteiger partial charge in [0.2, 0.25) is 0 Å². The number of hydrogen-bond donors (Lipinski definition) is 2. The third-order valence-electron chi connectivity index (χ3n) is 4.33. The molecule has 0 fully saturated rings. The zero-order chi connectivity index (χ0) is 15.5. The molecule has 0 saturated heterocycles. The highest BCUT2D eigenvalue weighted by Gasteiger charge is 2.24. The summed E-state index contributed by atoms with van der Waals surface area (Å²) < 4.78 is 1.98. The molecule has 5 heteroatoms. The number of fused-ring (bicyclic) bond motifs is 1. The summed E-state index contributed by atoms with van der Waals surface area (Å²) in [5.74, 6) is 0. The monoisotopic (exact) mass is 314 g/mol. The van der Waals surface area contributed by atoms with Gasteiger partial charge < -0.3 is 10.6 Å². The molecule has 0 unspecified atom stereocenters. The van der Waals surface area contributed by atoms with E-state index in [9.17, 15) is 0 Å². The molecule has 1 aliphatic rings. The van der Waals surface area contributed by atoms with Crippen molar-refractivity contribution in [3.05, 3.63) is 53.3 Å². The highest BCUT2D eigenvalue weighted by molar-refractivity contribution is 7.80. The SMILES string of the molecule is C[C@H](NC(=S)N[C@H]1CCCc2c1cnn2C)c1ccccc1. The lowest BCUT2D eigenvalue weighted by Gasteiger charge is -2.26. The van der Waals surface area contributed by atoms with E-state index in [2.05, 4.69) is 34.8 Å². The van der Waals surface area contributed by atoms with Crippen LogP contribution < -0.4 is 10.6 Å². The van der Waals surface area contributed by atoms with Crippen LogP contribution in [0.3, 0.4) is 0 Å². The van der Waals surface area contributed by atoms with Gasteiger partial charge in [-0.15, -0.1) is 0 Å². The Bertz CT molecular complexity index is 650. The van der Waals surface area contributed by atoms with E-state index in [1.807, 2.05) is 36.1 Å². The van der Waals surface area contributed by atoms with Crippen LogP contribution in [-0.2, 0) is 13.5 Å². The van der Waals surface area contributed by atoms with E-state index in [0.29, 0.717) is 5.11 Å². The van der Waals surface area contributed by atoms with Crippen molar-refractivity contribution in [2.75, 3.05) is 0 Å². The standard InChI is InChI=1S/C17H22N4S/c1-12(13-7-4-3-5-8-13)19-17(22)20-15-9-6-10-16-14(15)11-18-21(16)2/h3-5,7-8,11-12,15H,6,9-10H2,1-2H3,(H2,19,20,22)/t12-,15-/m0/s1. The summed E-state index contributed by atoms with van der Waals surface area (Å²) in [6.45, 7) is 2.12. The second-order valence-electron chi connectivity index (χ2n) is 5.87. The largest absolute Gasteiger partial charge is 0.356 e. The zero-order valence-electron chi connectivity index (χ0n) is 13.0. The highest BCUT2D eigenvalue weighted by Crippen LogP contribution is 2.29. The first-order chi connectivity index (χ1) is 10.6. The number of rotatable bonds is 3. The molecule has 0 saturated carbocycles. The third kappa shape index (κ3) is 3.14. The van der Waals surface area contributed by atoms with Crippen molar-refractivity contribution in [2.24, 2.45) is 7.05 Å². The predicted octanol–water partition coefficient (Wildman–Crippen LogP) is 3.02. The molecule has 0 amide bonds. The number of aryl methyl sites for hydroxylation is 1. The van der Waals surface area contributed by atoms with Crippen LogP contribution in [0.15, 0.2) is 36.5 Å². The maximum Gasteiger partial charge on any atom is 0.167 e. The van der Waals surface area contributed by atoms with Gasteiger partial charge in [0.25, 0.3) is 0 Å². The molecule has 2 N–H and O–H groups in total.